The molecule has 9 nitrogen and oxygen atoms in total. The lowest BCUT2D eigenvalue weighted by Gasteiger charge is -2.23. The number of fused-ring (bicyclic) bond motifs is 1. The maximum atomic E-state index is 14.0. The Balaban J connectivity index is 1.58. The Labute approximate surface area is 266 Å². The van der Waals surface area contributed by atoms with Gasteiger partial charge in [0.15, 0.2) is 16.3 Å². The molecule has 1 aliphatic rings. The van der Waals surface area contributed by atoms with Gasteiger partial charge in [0.25, 0.3) is 5.56 Å². The van der Waals surface area contributed by atoms with Gasteiger partial charge >= 0.3 is 5.97 Å². The van der Waals surface area contributed by atoms with E-state index in [2.05, 4.69) is 27.0 Å². The van der Waals surface area contributed by atoms with Gasteiger partial charge in [0, 0.05) is 16.2 Å². The molecule has 0 radical (unpaired) electrons. The fraction of sp³-hybridized carbons (Fsp3) is 0.212. The minimum absolute atomic E-state index is 0.215. The summed E-state index contributed by atoms with van der Waals surface area (Å²) in [5, 5.41) is 9.06. The van der Waals surface area contributed by atoms with E-state index in [4.69, 9.17) is 24.2 Å². The Kier molecular flexibility index (Phi) is 9.62. The first kappa shape index (κ1) is 30.8. The summed E-state index contributed by atoms with van der Waals surface area (Å²) in [6.07, 6.45) is 3.21. The van der Waals surface area contributed by atoms with Gasteiger partial charge in [-0.3, -0.25) is 9.36 Å². The van der Waals surface area contributed by atoms with E-state index in [9.17, 15) is 9.59 Å². The second-order valence-corrected chi connectivity index (χ2v) is 11.5. The fourth-order valence-electron chi connectivity index (χ4n) is 4.73. The molecule has 0 saturated carbocycles. The third kappa shape index (κ3) is 6.46. The zero-order valence-electron chi connectivity index (χ0n) is 24.2. The molecule has 0 fully saturated rings. The zero-order chi connectivity index (χ0) is 31.2. The molecular weight excluding hydrogens is 646 g/mol. The molecule has 11 heteroatoms. The molecule has 0 spiro atoms. The number of benzene rings is 3. The van der Waals surface area contributed by atoms with Gasteiger partial charge in [-0.1, -0.05) is 45.5 Å². The van der Waals surface area contributed by atoms with Crippen molar-refractivity contribution >= 4 is 39.3 Å². The molecule has 5 rings (SSSR count). The summed E-state index contributed by atoms with van der Waals surface area (Å²) in [7, 11) is 1.29. The SMILES string of the molecule is CCOc1ccc([C@H]2C(C(=O)OC)=CN=c3s/c(=C/c4cc(Br)ccc4OCc4ccc(C#N)cc4)c(=O)n32)cc1OCC. The lowest BCUT2D eigenvalue weighted by Crippen LogP contribution is -2.39. The number of thiazole rings is 1. The lowest BCUT2D eigenvalue weighted by atomic mass is 9.97. The normalized spacial score (nSPS) is 14.1. The lowest BCUT2D eigenvalue weighted by molar-refractivity contribution is -0.136. The third-order valence-corrected chi connectivity index (χ3v) is 8.23. The molecule has 44 heavy (non-hydrogen) atoms. The zero-order valence-corrected chi connectivity index (χ0v) is 26.6. The highest BCUT2D eigenvalue weighted by atomic mass is 79.9. The quantitative estimate of drug-likeness (QED) is 0.217. The number of carbonyl (C=O) groups excluding carboxylic acids is 1. The number of hydrogen-bond donors (Lipinski definition) is 0. The number of rotatable bonds is 10. The van der Waals surface area contributed by atoms with E-state index in [1.165, 1.54) is 29.2 Å². The summed E-state index contributed by atoms with van der Waals surface area (Å²) in [5.74, 6) is 1.05. The van der Waals surface area contributed by atoms with Crippen molar-refractivity contribution in [3.8, 4) is 23.3 Å². The highest BCUT2D eigenvalue weighted by molar-refractivity contribution is 9.10. The number of esters is 1. The van der Waals surface area contributed by atoms with Crippen LogP contribution < -0.4 is 29.1 Å². The number of carbonyl (C=O) groups is 1. The molecule has 0 saturated heterocycles. The standard InChI is InChI=1S/C33H28BrN3O6S/c1-4-41-27-12-10-22(15-28(27)42-5-2)30-25(32(39)40-3)18-36-33-37(30)31(38)29(44-33)16-23-14-24(34)11-13-26(23)43-19-21-8-6-20(17-35)7-9-21/h6-16,18,30H,4-5,19H2,1-3H3/b29-16+/t30-/m0/s1. The highest BCUT2D eigenvalue weighted by Gasteiger charge is 2.31. The van der Waals surface area contributed by atoms with E-state index in [-0.39, 0.29) is 17.7 Å². The van der Waals surface area contributed by atoms with Crippen LogP contribution in [0.5, 0.6) is 17.2 Å². The van der Waals surface area contributed by atoms with Gasteiger partial charge in [0.1, 0.15) is 12.4 Å². The van der Waals surface area contributed by atoms with Gasteiger partial charge in [0.05, 0.1) is 48.1 Å². The molecule has 2 heterocycles. The molecule has 1 aliphatic heterocycles. The number of halogens is 1. The molecule has 3 aromatic carbocycles. The maximum Gasteiger partial charge on any atom is 0.337 e. The van der Waals surface area contributed by atoms with E-state index >= 15 is 0 Å². The molecule has 0 aliphatic carbocycles. The summed E-state index contributed by atoms with van der Waals surface area (Å²) >= 11 is 4.73. The van der Waals surface area contributed by atoms with Crippen LogP contribution in [0.4, 0.5) is 0 Å². The first-order chi connectivity index (χ1) is 21.4. The third-order valence-electron chi connectivity index (χ3n) is 6.74. The predicted octanol–water partition coefficient (Wildman–Crippen LogP) is 5.03. The molecule has 1 atom stereocenters. The van der Waals surface area contributed by atoms with E-state index in [1.54, 1.807) is 36.4 Å². The van der Waals surface area contributed by atoms with Crippen molar-refractivity contribution in [1.82, 2.24) is 4.57 Å². The number of aromatic nitrogens is 1. The van der Waals surface area contributed by atoms with Crippen molar-refractivity contribution < 1.29 is 23.7 Å². The van der Waals surface area contributed by atoms with Gasteiger partial charge < -0.3 is 18.9 Å². The van der Waals surface area contributed by atoms with Crippen LogP contribution in [0.3, 0.4) is 0 Å². The largest absolute Gasteiger partial charge is 0.490 e. The second-order valence-electron chi connectivity index (χ2n) is 9.53. The van der Waals surface area contributed by atoms with E-state index in [0.29, 0.717) is 56.5 Å². The number of nitriles is 1. The smallest absolute Gasteiger partial charge is 0.337 e. The molecule has 0 bridgehead atoms. The van der Waals surface area contributed by atoms with Crippen LogP contribution in [0.25, 0.3) is 6.08 Å². The Morgan fingerprint density at radius 3 is 2.45 bits per heavy atom. The van der Waals surface area contributed by atoms with Gasteiger partial charge in [-0.05, 0) is 73.5 Å². The molecule has 224 valence electrons. The maximum absolute atomic E-state index is 14.0. The van der Waals surface area contributed by atoms with Crippen LogP contribution >= 0.6 is 27.3 Å². The van der Waals surface area contributed by atoms with Crippen LogP contribution in [0.15, 0.2) is 86.7 Å². The molecule has 1 aromatic heterocycles. The van der Waals surface area contributed by atoms with E-state index in [0.717, 1.165) is 10.0 Å². The van der Waals surface area contributed by atoms with Crippen LogP contribution in [0, 0.1) is 11.3 Å². The van der Waals surface area contributed by atoms with Gasteiger partial charge in [-0.2, -0.15) is 5.26 Å². The van der Waals surface area contributed by atoms with Crippen molar-refractivity contribution in [2.45, 2.75) is 26.5 Å². The number of methoxy groups -OCH3 is 1. The van der Waals surface area contributed by atoms with Crippen LogP contribution in [0.2, 0.25) is 0 Å². The Hall–Kier alpha value is -4.66. The average molecular weight is 675 g/mol. The number of hydrogen-bond acceptors (Lipinski definition) is 9. The Bertz CT molecular complexity index is 1960. The number of ether oxygens (including phenoxy) is 4. The summed E-state index contributed by atoms with van der Waals surface area (Å²) in [5.41, 5.74) is 2.69. The topological polar surface area (TPSA) is 112 Å². The van der Waals surface area contributed by atoms with Gasteiger partial charge in [-0.15, -0.1) is 0 Å². The monoisotopic (exact) mass is 673 g/mol. The van der Waals surface area contributed by atoms with Crippen LogP contribution in [-0.4, -0.2) is 30.9 Å². The van der Waals surface area contributed by atoms with Crippen molar-refractivity contribution in [2.24, 2.45) is 4.99 Å². The Morgan fingerprint density at radius 1 is 1.02 bits per heavy atom. The summed E-state index contributed by atoms with van der Waals surface area (Å²) in [4.78, 5) is 31.8. The van der Waals surface area contributed by atoms with Crippen molar-refractivity contribution in [3.05, 3.63) is 119 Å². The molecule has 4 aromatic rings. The van der Waals surface area contributed by atoms with Gasteiger partial charge in [0.2, 0.25) is 0 Å². The predicted molar refractivity (Wildman–Crippen MR) is 170 cm³/mol. The molecular formula is C33H28BrN3O6S. The fourth-order valence-corrected chi connectivity index (χ4v) is 6.07. The molecule has 0 amide bonds. The minimum atomic E-state index is -0.801. The summed E-state index contributed by atoms with van der Waals surface area (Å²) in [6.45, 7) is 4.90. The van der Waals surface area contributed by atoms with Crippen LogP contribution in [0.1, 0.15) is 42.1 Å². The second kappa shape index (κ2) is 13.8. The summed E-state index contributed by atoms with van der Waals surface area (Å²) in [6, 6.07) is 19.4. The molecule has 0 N–H and O–H groups in total. The van der Waals surface area contributed by atoms with Crippen molar-refractivity contribution in [2.75, 3.05) is 20.3 Å². The first-order valence-electron chi connectivity index (χ1n) is 13.8. The van der Waals surface area contributed by atoms with Crippen molar-refractivity contribution in [1.29, 1.82) is 5.26 Å². The molecule has 0 unspecified atom stereocenters. The number of nitrogens with zero attached hydrogens (tertiary/aromatic N) is 3. The van der Waals surface area contributed by atoms with Crippen LogP contribution in [-0.2, 0) is 16.1 Å². The first-order valence-corrected chi connectivity index (χ1v) is 15.4. The van der Waals surface area contributed by atoms with E-state index in [1.807, 2.05) is 44.2 Å². The minimum Gasteiger partial charge on any atom is -0.490 e. The Morgan fingerprint density at radius 2 is 1.75 bits per heavy atom. The highest BCUT2D eigenvalue weighted by Crippen LogP contribution is 2.35. The average Bonchev–Trinajstić information content (AvgIpc) is 3.35. The summed E-state index contributed by atoms with van der Waals surface area (Å²) < 4.78 is 25.5. The van der Waals surface area contributed by atoms with Crippen molar-refractivity contribution in [3.63, 3.8) is 0 Å². The van der Waals surface area contributed by atoms with Gasteiger partial charge in [-0.25, -0.2) is 9.79 Å². The van der Waals surface area contributed by atoms with E-state index < -0.39 is 12.0 Å².